The molecule has 0 spiro atoms. The highest BCUT2D eigenvalue weighted by atomic mass is 16.6. The first-order valence-electron chi connectivity index (χ1n) is 30.4. The van der Waals surface area contributed by atoms with E-state index < -0.39 is 6.10 Å². The molecule has 0 bridgehead atoms. The van der Waals surface area contributed by atoms with Gasteiger partial charge >= 0.3 is 17.9 Å². The summed E-state index contributed by atoms with van der Waals surface area (Å²) < 4.78 is 16.9. The van der Waals surface area contributed by atoms with Crippen molar-refractivity contribution in [3.63, 3.8) is 0 Å². The third kappa shape index (κ3) is 57.6. The van der Waals surface area contributed by atoms with Crippen LogP contribution >= 0.6 is 0 Å². The maximum absolute atomic E-state index is 12.9. The number of ether oxygens (including phenoxy) is 3. The van der Waals surface area contributed by atoms with Gasteiger partial charge in [-0.25, -0.2) is 0 Å². The molecule has 6 heteroatoms. The fourth-order valence-electron chi connectivity index (χ4n) is 8.60. The van der Waals surface area contributed by atoms with Crippen molar-refractivity contribution >= 4 is 17.9 Å². The summed E-state index contributed by atoms with van der Waals surface area (Å²) in [7, 11) is 0. The average molecular weight is 992 g/mol. The van der Waals surface area contributed by atoms with Gasteiger partial charge in [-0.05, 0) is 109 Å². The van der Waals surface area contributed by atoms with Gasteiger partial charge in [0, 0.05) is 19.3 Å². The molecule has 410 valence electrons. The SMILES string of the molecule is CC/C=C\C/C=C\C/C=C\C/C=C\CCCCCC(=O)OCC(COC(=O)CCCCCCCCC/C=C\CCCCCCCCCC)OC(=O)CCCCCCC/C=C\CCCCCCCCCCC. The molecule has 1 atom stereocenters. The molecule has 0 aliphatic rings. The molecule has 1 unspecified atom stereocenters. The molecule has 0 radical (unpaired) electrons. The van der Waals surface area contributed by atoms with Crippen molar-refractivity contribution < 1.29 is 28.6 Å². The van der Waals surface area contributed by atoms with Crippen molar-refractivity contribution in [2.24, 2.45) is 0 Å². The fraction of sp³-hybridized carbons (Fsp3) is 0.769. The van der Waals surface area contributed by atoms with Crippen molar-refractivity contribution in [2.45, 2.75) is 309 Å². The first-order chi connectivity index (χ1) is 35.0. The quantitative estimate of drug-likeness (QED) is 0.0261. The second-order valence-corrected chi connectivity index (χ2v) is 20.2. The van der Waals surface area contributed by atoms with E-state index in [1.807, 2.05) is 0 Å². The second-order valence-electron chi connectivity index (χ2n) is 20.2. The summed E-state index contributed by atoms with van der Waals surface area (Å²) in [5.74, 6) is -0.924. The number of esters is 3. The van der Waals surface area contributed by atoms with Crippen molar-refractivity contribution in [3.8, 4) is 0 Å². The van der Waals surface area contributed by atoms with E-state index in [4.69, 9.17) is 14.2 Å². The zero-order valence-electron chi connectivity index (χ0n) is 47.0. The number of hydrogen-bond donors (Lipinski definition) is 0. The van der Waals surface area contributed by atoms with Crippen LogP contribution in [-0.4, -0.2) is 37.2 Å². The number of carbonyl (C=O) groups is 3. The standard InChI is InChI=1S/C65H114O6/c1-4-7-10-13-16-19-22-25-28-31-33-35-37-40-43-46-49-52-55-58-64(67)70-61-62(60-69-63(66)57-54-51-48-45-42-39-36-30-27-24-21-18-15-12-9-6-3)71-65(68)59-56-53-50-47-44-41-38-34-32-29-26-23-20-17-14-11-8-5-2/h9,12,18,21,27,30-31,33-34,38-39,42,62H,4-8,10-11,13-17,19-20,22-26,28-29,32,35-37,40-41,43-61H2,1-3H3/b12-9-,21-18-,30-27-,33-31-,38-34-,42-39-. The van der Waals surface area contributed by atoms with Crippen LogP contribution in [0.4, 0.5) is 0 Å². The molecule has 0 saturated carbocycles. The van der Waals surface area contributed by atoms with Gasteiger partial charge in [-0.3, -0.25) is 14.4 Å². The Balaban J connectivity index is 4.42. The van der Waals surface area contributed by atoms with Gasteiger partial charge in [-0.2, -0.15) is 0 Å². The summed E-state index contributed by atoms with van der Waals surface area (Å²) in [6.45, 7) is 6.52. The highest BCUT2D eigenvalue weighted by molar-refractivity contribution is 5.71. The summed E-state index contributed by atoms with van der Waals surface area (Å²) in [6, 6.07) is 0. The molecule has 0 aromatic heterocycles. The topological polar surface area (TPSA) is 78.9 Å². The fourth-order valence-corrected chi connectivity index (χ4v) is 8.60. The van der Waals surface area contributed by atoms with Crippen LogP contribution in [0.25, 0.3) is 0 Å². The van der Waals surface area contributed by atoms with Crippen molar-refractivity contribution in [2.75, 3.05) is 13.2 Å². The van der Waals surface area contributed by atoms with E-state index in [9.17, 15) is 14.4 Å². The molecule has 6 nitrogen and oxygen atoms in total. The Labute approximate surface area is 440 Å². The monoisotopic (exact) mass is 991 g/mol. The van der Waals surface area contributed by atoms with Gasteiger partial charge in [-0.15, -0.1) is 0 Å². The van der Waals surface area contributed by atoms with Crippen LogP contribution in [0.1, 0.15) is 303 Å². The van der Waals surface area contributed by atoms with Crippen LogP contribution < -0.4 is 0 Å². The lowest BCUT2D eigenvalue weighted by Crippen LogP contribution is -2.30. The largest absolute Gasteiger partial charge is 0.462 e. The van der Waals surface area contributed by atoms with E-state index in [1.54, 1.807) is 0 Å². The van der Waals surface area contributed by atoms with E-state index in [1.165, 1.54) is 161 Å². The molecule has 0 fully saturated rings. The van der Waals surface area contributed by atoms with Gasteiger partial charge in [0.25, 0.3) is 0 Å². The van der Waals surface area contributed by atoms with Gasteiger partial charge in [0.15, 0.2) is 6.10 Å². The van der Waals surface area contributed by atoms with E-state index >= 15 is 0 Å². The van der Waals surface area contributed by atoms with Crippen molar-refractivity contribution in [3.05, 3.63) is 72.9 Å². The van der Waals surface area contributed by atoms with Gasteiger partial charge < -0.3 is 14.2 Å². The van der Waals surface area contributed by atoms with E-state index in [-0.39, 0.29) is 31.1 Å². The van der Waals surface area contributed by atoms with Gasteiger partial charge in [-0.1, -0.05) is 248 Å². The molecule has 0 aliphatic heterocycles. The number of unbranched alkanes of at least 4 members (excludes halogenated alkanes) is 32. The Bertz CT molecular complexity index is 1320. The molecule has 0 aromatic carbocycles. The number of allylic oxidation sites excluding steroid dienone is 12. The second kappa shape index (κ2) is 59.4. The van der Waals surface area contributed by atoms with Crippen LogP contribution in [0.2, 0.25) is 0 Å². The van der Waals surface area contributed by atoms with Crippen molar-refractivity contribution in [1.82, 2.24) is 0 Å². The molecule has 0 saturated heterocycles. The summed E-state index contributed by atoms with van der Waals surface area (Å²) in [5.41, 5.74) is 0. The van der Waals surface area contributed by atoms with Crippen molar-refractivity contribution in [1.29, 1.82) is 0 Å². The summed E-state index contributed by atoms with van der Waals surface area (Å²) in [5, 5.41) is 0. The van der Waals surface area contributed by atoms with Gasteiger partial charge in [0.05, 0.1) is 0 Å². The Morgan fingerprint density at radius 2 is 0.549 bits per heavy atom. The van der Waals surface area contributed by atoms with E-state index in [0.717, 1.165) is 103 Å². The Hall–Kier alpha value is -3.15. The molecular weight excluding hydrogens is 877 g/mol. The highest BCUT2D eigenvalue weighted by Crippen LogP contribution is 2.15. The molecule has 0 heterocycles. The average Bonchev–Trinajstić information content (AvgIpc) is 3.37. The van der Waals surface area contributed by atoms with Crippen LogP contribution in [0, 0.1) is 0 Å². The molecule has 0 N–H and O–H groups in total. The third-order valence-electron chi connectivity index (χ3n) is 13.2. The molecule has 0 aliphatic carbocycles. The van der Waals surface area contributed by atoms with Gasteiger partial charge in [0.1, 0.15) is 13.2 Å². The Kier molecular flexibility index (Phi) is 56.8. The van der Waals surface area contributed by atoms with E-state index in [2.05, 4.69) is 93.7 Å². The zero-order valence-corrected chi connectivity index (χ0v) is 47.0. The molecule has 71 heavy (non-hydrogen) atoms. The van der Waals surface area contributed by atoms with Crippen LogP contribution in [0.3, 0.4) is 0 Å². The molecule has 0 rings (SSSR count). The lowest BCUT2D eigenvalue weighted by Gasteiger charge is -2.18. The lowest BCUT2D eigenvalue weighted by molar-refractivity contribution is -0.167. The molecular formula is C65H114O6. The first kappa shape index (κ1) is 67.8. The van der Waals surface area contributed by atoms with Gasteiger partial charge in [0.2, 0.25) is 0 Å². The minimum atomic E-state index is -0.796. The predicted molar refractivity (Wildman–Crippen MR) is 307 cm³/mol. The lowest BCUT2D eigenvalue weighted by atomic mass is 10.1. The normalized spacial score (nSPS) is 12.5. The van der Waals surface area contributed by atoms with E-state index in [0.29, 0.717) is 19.3 Å². The smallest absolute Gasteiger partial charge is 0.306 e. The Morgan fingerprint density at radius 3 is 0.887 bits per heavy atom. The van der Waals surface area contributed by atoms with Crippen LogP contribution in [-0.2, 0) is 28.6 Å². The zero-order chi connectivity index (χ0) is 51.4. The first-order valence-corrected chi connectivity index (χ1v) is 30.4. The maximum Gasteiger partial charge on any atom is 0.306 e. The minimum absolute atomic E-state index is 0.0903. The highest BCUT2D eigenvalue weighted by Gasteiger charge is 2.19. The number of carbonyl (C=O) groups excluding carboxylic acids is 3. The third-order valence-corrected chi connectivity index (χ3v) is 13.2. The summed E-state index contributed by atoms with van der Waals surface area (Å²) >= 11 is 0. The summed E-state index contributed by atoms with van der Waals surface area (Å²) in [4.78, 5) is 38.2. The minimum Gasteiger partial charge on any atom is -0.462 e. The maximum atomic E-state index is 12.9. The molecule has 0 amide bonds. The van der Waals surface area contributed by atoms with Crippen LogP contribution in [0.5, 0.6) is 0 Å². The predicted octanol–water partition coefficient (Wildman–Crippen LogP) is 20.5. The number of hydrogen-bond acceptors (Lipinski definition) is 6. The number of rotatable bonds is 55. The summed E-state index contributed by atoms with van der Waals surface area (Å²) in [6.07, 6.45) is 76.1. The van der Waals surface area contributed by atoms with Crippen LogP contribution in [0.15, 0.2) is 72.9 Å². The molecule has 0 aromatic rings. The Morgan fingerprint density at radius 1 is 0.296 bits per heavy atom.